The van der Waals surface area contributed by atoms with Gasteiger partial charge in [-0.15, -0.1) is 0 Å². The molecule has 2 rings (SSSR count). The molecule has 1 N–H and O–H groups in total. The molecular formula is C17H28N2O. The number of pyridine rings is 1. The summed E-state index contributed by atoms with van der Waals surface area (Å²) in [6.45, 7) is 8.19. The van der Waals surface area contributed by atoms with Crippen LogP contribution in [0.25, 0.3) is 0 Å². The van der Waals surface area contributed by atoms with Crippen LogP contribution in [0, 0.1) is 5.92 Å². The summed E-state index contributed by atoms with van der Waals surface area (Å²) in [5, 5.41) is 3.45. The van der Waals surface area contributed by atoms with Gasteiger partial charge in [0.25, 0.3) is 0 Å². The highest BCUT2D eigenvalue weighted by Crippen LogP contribution is 2.25. The maximum absolute atomic E-state index is 5.94. The van der Waals surface area contributed by atoms with Gasteiger partial charge in [0.15, 0.2) is 0 Å². The smallest absolute Gasteiger partial charge is 0.213 e. The molecule has 0 saturated heterocycles. The van der Waals surface area contributed by atoms with E-state index in [1.165, 1.54) is 31.2 Å². The summed E-state index contributed by atoms with van der Waals surface area (Å²) < 4.78 is 5.94. The van der Waals surface area contributed by atoms with Crippen molar-refractivity contribution in [2.75, 3.05) is 6.61 Å². The van der Waals surface area contributed by atoms with Crippen LogP contribution in [0.1, 0.15) is 57.7 Å². The van der Waals surface area contributed by atoms with Crippen LogP contribution in [-0.4, -0.2) is 17.6 Å². The molecule has 1 saturated carbocycles. The summed E-state index contributed by atoms with van der Waals surface area (Å²) in [6, 6.07) is 4.76. The molecular weight excluding hydrogens is 248 g/mol. The minimum Gasteiger partial charge on any atom is -0.477 e. The van der Waals surface area contributed by atoms with Gasteiger partial charge in [-0.2, -0.15) is 0 Å². The van der Waals surface area contributed by atoms with Crippen molar-refractivity contribution in [1.29, 1.82) is 0 Å². The quantitative estimate of drug-likeness (QED) is 0.824. The molecule has 0 radical (unpaired) electrons. The molecule has 112 valence electrons. The number of aromatic nitrogens is 1. The third-order valence-corrected chi connectivity index (χ3v) is 3.93. The van der Waals surface area contributed by atoms with Crippen LogP contribution in [0.4, 0.5) is 0 Å². The van der Waals surface area contributed by atoms with Gasteiger partial charge in [-0.25, -0.2) is 4.98 Å². The largest absolute Gasteiger partial charge is 0.477 e. The third kappa shape index (κ3) is 4.78. The van der Waals surface area contributed by atoms with Crippen LogP contribution in [0.3, 0.4) is 0 Å². The average Bonchev–Trinajstić information content (AvgIpc) is 2.96. The highest BCUT2D eigenvalue weighted by atomic mass is 16.5. The Labute approximate surface area is 123 Å². The van der Waals surface area contributed by atoms with Gasteiger partial charge in [0.1, 0.15) is 0 Å². The van der Waals surface area contributed by atoms with E-state index in [-0.39, 0.29) is 0 Å². The standard InChI is InChI=1S/C17H28N2O/c1-4-16-9-15(11-18-13(2)3)10-17(19-16)20-12-14-7-5-6-8-14/h9-10,13-14,18H,4-8,11-12H2,1-3H3. The second kappa shape index (κ2) is 7.63. The lowest BCUT2D eigenvalue weighted by molar-refractivity contribution is 0.242. The Morgan fingerprint density at radius 2 is 2.05 bits per heavy atom. The molecule has 0 amide bonds. The first-order valence-corrected chi connectivity index (χ1v) is 8.03. The second-order valence-corrected chi connectivity index (χ2v) is 6.16. The predicted molar refractivity (Wildman–Crippen MR) is 83.0 cm³/mol. The summed E-state index contributed by atoms with van der Waals surface area (Å²) in [5.74, 6) is 1.54. The summed E-state index contributed by atoms with van der Waals surface area (Å²) in [6.07, 6.45) is 6.31. The van der Waals surface area contributed by atoms with Crippen molar-refractivity contribution < 1.29 is 4.74 Å². The number of nitrogens with zero attached hydrogens (tertiary/aromatic N) is 1. The molecule has 0 bridgehead atoms. The van der Waals surface area contributed by atoms with Crippen LogP contribution in [0.15, 0.2) is 12.1 Å². The predicted octanol–water partition coefficient (Wildman–Crippen LogP) is 3.71. The SMILES string of the molecule is CCc1cc(CNC(C)C)cc(OCC2CCCC2)n1. The molecule has 3 nitrogen and oxygen atoms in total. The second-order valence-electron chi connectivity index (χ2n) is 6.16. The number of rotatable bonds is 7. The summed E-state index contributed by atoms with van der Waals surface area (Å²) in [5.41, 5.74) is 2.39. The lowest BCUT2D eigenvalue weighted by Gasteiger charge is -2.14. The number of aryl methyl sites for hydroxylation is 1. The van der Waals surface area contributed by atoms with E-state index in [0.29, 0.717) is 6.04 Å². The van der Waals surface area contributed by atoms with Crippen LogP contribution >= 0.6 is 0 Å². The molecule has 1 heterocycles. The van der Waals surface area contributed by atoms with Gasteiger partial charge >= 0.3 is 0 Å². The molecule has 3 heteroatoms. The van der Waals surface area contributed by atoms with Crippen LogP contribution in [-0.2, 0) is 13.0 Å². The number of hydrogen-bond acceptors (Lipinski definition) is 3. The minimum absolute atomic E-state index is 0.496. The van der Waals surface area contributed by atoms with Gasteiger partial charge in [0.05, 0.1) is 6.61 Å². The fraction of sp³-hybridized carbons (Fsp3) is 0.706. The highest BCUT2D eigenvalue weighted by molar-refractivity contribution is 5.25. The topological polar surface area (TPSA) is 34.1 Å². The Kier molecular flexibility index (Phi) is 5.84. The Morgan fingerprint density at radius 1 is 1.30 bits per heavy atom. The molecule has 0 atom stereocenters. The summed E-state index contributed by atoms with van der Waals surface area (Å²) in [7, 11) is 0. The van der Waals surface area contributed by atoms with E-state index in [0.717, 1.165) is 37.1 Å². The van der Waals surface area contributed by atoms with E-state index in [2.05, 4.69) is 43.2 Å². The van der Waals surface area contributed by atoms with E-state index in [1.807, 2.05) is 0 Å². The van der Waals surface area contributed by atoms with E-state index < -0.39 is 0 Å². The van der Waals surface area contributed by atoms with E-state index in [1.54, 1.807) is 0 Å². The molecule has 1 fully saturated rings. The van der Waals surface area contributed by atoms with Crippen molar-refractivity contribution in [1.82, 2.24) is 10.3 Å². The lowest BCUT2D eigenvalue weighted by Crippen LogP contribution is -2.22. The van der Waals surface area contributed by atoms with E-state index >= 15 is 0 Å². The molecule has 0 aromatic carbocycles. The number of ether oxygens (including phenoxy) is 1. The molecule has 0 aliphatic heterocycles. The zero-order chi connectivity index (χ0) is 14.4. The average molecular weight is 276 g/mol. The van der Waals surface area contributed by atoms with Gasteiger partial charge in [-0.05, 0) is 36.8 Å². The molecule has 1 aromatic heterocycles. The third-order valence-electron chi connectivity index (χ3n) is 3.93. The van der Waals surface area contributed by atoms with Gasteiger partial charge in [-0.3, -0.25) is 0 Å². The molecule has 1 aromatic rings. The van der Waals surface area contributed by atoms with Gasteiger partial charge in [0, 0.05) is 24.3 Å². The monoisotopic (exact) mass is 276 g/mol. The van der Waals surface area contributed by atoms with E-state index in [4.69, 9.17) is 4.74 Å². The van der Waals surface area contributed by atoms with Crippen molar-refractivity contribution >= 4 is 0 Å². The van der Waals surface area contributed by atoms with Gasteiger partial charge in [-0.1, -0.05) is 33.6 Å². The first-order valence-electron chi connectivity index (χ1n) is 8.03. The fourth-order valence-corrected chi connectivity index (χ4v) is 2.68. The van der Waals surface area contributed by atoms with Crippen molar-refractivity contribution in [3.05, 3.63) is 23.4 Å². The van der Waals surface area contributed by atoms with Crippen LogP contribution in [0.2, 0.25) is 0 Å². The molecule has 0 unspecified atom stereocenters. The molecule has 1 aliphatic rings. The van der Waals surface area contributed by atoms with Crippen molar-refractivity contribution in [2.24, 2.45) is 5.92 Å². The van der Waals surface area contributed by atoms with Crippen LogP contribution < -0.4 is 10.1 Å². The Bertz CT molecular complexity index is 411. The van der Waals surface area contributed by atoms with Crippen molar-refractivity contribution in [2.45, 2.75) is 65.5 Å². The minimum atomic E-state index is 0.496. The Balaban J connectivity index is 1.96. The summed E-state index contributed by atoms with van der Waals surface area (Å²) >= 11 is 0. The number of nitrogens with one attached hydrogen (secondary N) is 1. The molecule has 0 spiro atoms. The zero-order valence-corrected chi connectivity index (χ0v) is 13.1. The number of hydrogen-bond donors (Lipinski definition) is 1. The normalized spacial score (nSPS) is 16.0. The lowest BCUT2D eigenvalue weighted by atomic mass is 10.1. The maximum Gasteiger partial charge on any atom is 0.213 e. The van der Waals surface area contributed by atoms with Crippen molar-refractivity contribution in [3.63, 3.8) is 0 Å². The first-order chi connectivity index (χ1) is 9.67. The Morgan fingerprint density at radius 3 is 2.70 bits per heavy atom. The van der Waals surface area contributed by atoms with Gasteiger partial charge < -0.3 is 10.1 Å². The maximum atomic E-state index is 5.94. The fourth-order valence-electron chi connectivity index (χ4n) is 2.68. The van der Waals surface area contributed by atoms with Crippen molar-refractivity contribution in [3.8, 4) is 5.88 Å². The Hall–Kier alpha value is -1.09. The first kappa shape index (κ1) is 15.3. The molecule has 1 aliphatic carbocycles. The highest BCUT2D eigenvalue weighted by Gasteiger charge is 2.16. The molecule has 20 heavy (non-hydrogen) atoms. The van der Waals surface area contributed by atoms with Gasteiger partial charge in [0.2, 0.25) is 5.88 Å². The summed E-state index contributed by atoms with van der Waals surface area (Å²) in [4.78, 5) is 4.59. The zero-order valence-electron chi connectivity index (χ0n) is 13.1. The van der Waals surface area contributed by atoms with Crippen LogP contribution in [0.5, 0.6) is 5.88 Å². The van der Waals surface area contributed by atoms with E-state index in [9.17, 15) is 0 Å².